The van der Waals surface area contributed by atoms with E-state index in [1.807, 2.05) is 12.1 Å². The maximum absolute atomic E-state index is 11.5. The van der Waals surface area contributed by atoms with E-state index in [1.54, 1.807) is 18.2 Å². The molecule has 0 saturated heterocycles. The van der Waals surface area contributed by atoms with Gasteiger partial charge in [0.1, 0.15) is 12.4 Å². The lowest BCUT2D eigenvalue weighted by atomic mass is 10.1. The van der Waals surface area contributed by atoms with Gasteiger partial charge in [0.05, 0.1) is 23.6 Å². The minimum absolute atomic E-state index is 0.309. The number of aromatic amines is 1. The van der Waals surface area contributed by atoms with Gasteiger partial charge < -0.3 is 20.1 Å². The van der Waals surface area contributed by atoms with Gasteiger partial charge in [0, 0.05) is 39.9 Å². The molecule has 1 aromatic heterocycles. The predicted octanol–water partition coefficient (Wildman–Crippen LogP) is 4.47. The summed E-state index contributed by atoms with van der Waals surface area (Å²) in [5.74, 6) is 0.775. The third-order valence-corrected chi connectivity index (χ3v) is 6.56. The van der Waals surface area contributed by atoms with Crippen molar-refractivity contribution in [3.8, 4) is 5.75 Å². The molecule has 0 radical (unpaired) electrons. The number of aliphatic hydroxyl groups is 1. The minimum Gasteiger partial charge on any atom is -0.492 e. The summed E-state index contributed by atoms with van der Waals surface area (Å²) >= 11 is 3.31. The molecule has 0 aliphatic rings. The highest BCUT2D eigenvalue weighted by Gasteiger charge is 2.12. The van der Waals surface area contributed by atoms with E-state index in [0.717, 1.165) is 28.4 Å². The van der Waals surface area contributed by atoms with Crippen molar-refractivity contribution in [2.24, 2.45) is 0 Å². The van der Waals surface area contributed by atoms with Crippen LogP contribution in [0, 0.1) is 6.92 Å². The summed E-state index contributed by atoms with van der Waals surface area (Å²) in [4.78, 5) is 3.44. The average Bonchev–Trinajstić information content (AvgIpc) is 3.10. The van der Waals surface area contributed by atoms with E-state index in [9.17, 15) is 13.5 Å². The number of nitrogens with one attached hydrogen (secondary N) is 3. The molecule has 7 nitrogen and oxygen atoms in total. The number of rotatable bonds is 9. The number of sulfonamides is 1. The van der Waals surface area contributed by atoms with Crippen LogP contribution in [0.15, 0.2) is 59.1 Å². The fourth-order valence-electron chi connectivity index (χ4n) is 3.72. The molecule has 1 heterocycles. The molecule has 174 valence electrons. The summed E-state index contributed by atoms with van der Waals surface area (Å²) < 4.78 is 31.9. The number of fused-ring (bicyclic) bond motifs is 3. The van der Waals surface area contributed by atoms with Crippen molar-refractivity contribution in [3.05, 3.63) is 70.2 Å². The van der Waals surface area contributed by atoms with Crippen LogP contribution in [0.4, 0.5) is 5.69 Å². The molecule has 1 atom stereocenters. The Kier molecular flexibility index (Phi) is 6.94. The molecule has 0 amide bonds. The van der Waals surface area contributed by atoms with Crippen molar-refractivity contribution >= 4 is 53.4 Å². The summed E-state index contributed by atoms with van der Waals surface area (Å²) in [6.45, 7) is 3.38. The highest BCUT2D eigenvalue weighted by Crippen LogP contribution is 2.29. The first-order valence-electron chi connectivity index (χ1n) is 10.5. The Morgan fingerprint density at radius 1 is 1.06 bits per heavy atom. The van der Waals surface area contributed by atoms with Crippen molar-refractivity contribution < 1.29 is 18.3 Å². The van der Waals surface area contributed by atoms with Crippen LogP contribution in [0.1, 0.15) is 17.2 Å². The van der Waals surface area contributed by atoms with Crippen molar-refractivity contribution in [2.75, 3.05) is 30.7 Å². The summed E-state index contributed by atoms with van der Waals surface area (Å²) in [7, 11) is -3.41. The first kappa shape index (κ1) is 23.6. The molecular formula is C24H26BrN3O4S. The molecular weight excluding hydrogens is 506 g/mol. The number of aliphatic hydroxyl groups excluding tert-OH is 1. The number of hydrogen-bond donors (Lipinski definition) is 4. The van der Waals surface area contributed by atoms with Gasteiger partial charge in [0.25, 0.3) is 0 Å². The van der Waals surface area contributed by atoms with Gasteiger partial charge in [-0.2, -0.15) is 0 Å². The van der Waals surface area contributed by atoms with Crippen LogP contribution in [0.25, 0.3) is 21.8 Å². The zero-order valence-electron chi connectivity index (χ0n) is 18.4. The Hall–Kier alpha value is -2.59. The topological polar surface area (TPSA) is 103 Å². The molecule has 0 bridgehead atoms. The quantitative estimate of drug-likeness (QED) is 0.238. The predicted molar refractivity (Wildman–Crippen MR) is 136 cm³/mol. The number of ether oxygens (including phenoxy) is 1. The number of H-pyrrole nitrogens is 1. The summed E-state index contributed by atoms with van der Waals surface area (Å²) in [5, 5.41) is 16.0. The van der Waals surface area contributed by atoms with E-state index in [1.165, 1.54) is 10.9 Å². The van der Waals surface area contributed by atoms with Gasteiger partial charge in [0.15, 0.2) is 0 Å². The lowest BCUT2D eigenvalue weighted by molar-refractivity contribution is 0.172. The largest absolute Gasteiger partial charge is 0.492 e. The smallest absolute Gasteiger partial charge is 0.229 e. The van der Waals surface area contributed by atoms with Crippen LogP contribution in [0.5, 0.6) is 5.75 Å². The second-order valence-corrected chi connectivity index (χ2v) is 10.7. The highest BCUT2D eigenvalue weighted by molar-refractivity contribution is 9.10. The fraction of sp³-hybridized carbons (Fsp3) is 0.250. The van der Waals surface area contributed by atoms with Gasteiger partial charge in [-0.15, -0.1) is 0 Å². The minimum atomic E-state index is -3.41. The molecule has 4 N–H and O–H groups in total. The molecule has 9 heteroatoms. The van der Waals surface area contributed by atoms with Crippen LogP contribution in [0.2, 0.25) is 0 Å². The molecule has 0 fully saturated rings. The van der Waals surface area contributed by atoms with Crippen LogP contribution in [0.3, 0.4) is 0 Å². The summed E-state index contributed by atoms with van der Waals surface area (Å²) in [6.07, 6.45) is 0.297. The number of aromatic nitrogens is 1. The lowest BCUT2D eigenvalue weighted by Gasteiger charge is -2.15. The van der Waals surface area contributed by atoms with Gasteiger partial charge in [-0.1, -0.05) is 18.2 Å². The van der Waals surface area contributed by atoms with E-state index in [4.69, 9.17) is 4.74 Å². The van der Waals surface area contributed by atoms with E-state index in [0.29, 0.717) is 35.4 Å². The number of benzene rings is 3. The van der Waals surface area contributed by atoms with Crippen LogP contribution < -0.4 is 14.8 Å². The second kappa shape index (κ2) is 9.72. The number of hydrogen-bond acceptors (Lipinski definition) is 5. The number of anilines is 1. The lowest BCUT2D eigenvalue weighted by Crippen LogP contribution is -2.26. The van der Waals surface area contributed by atoms with E-state index in [2.05, 4.69) is 62.1 Å². The number of halogens is 1. The van der Waals surface area contributed by atoms with Crippen LogP contribution in [-0.2, 0) is 10.0 Å². The highest BCUT2D eigenvalue weighted by atomic mass is 79.9. The molecule has 33 heavy (non-hydrogen) atoms. The Morgan fingerprint density at radius 2 is 1.79 bits per heavy atom. The Morgan fingerprint density at radius 3 is 2.55 bits per heavy atom. The zero-order chi connectivity index (χ0) is 23.6. The van der Waals surface area contributed by atoms with Gasteiger partial charge in [-0.3, -0.25) is 4.72 Å². The normalized spacial score (nSPS) is 12.8. The third kappa shape index (κ3) is 5.86. The Balaban J connectivity index is 1.30. The average molecular weight is 532 g/mol. The fourth-order valence-corrected chi connectivity index (χ4v) is 4.76. The van der Waals surface area contributed by atoms with Crippen molar-refractivity contribution in [3.63, 3.8) is 0 Å². The number of aryl methyl sites for hydroxylation is 1. The molecule has 0 aliphatic heterocycles. The second-order valence-electron chi connectivity index (χ2n) is 8.06. The van der Waals surface area contributed by atoms with Gasteiger partial charge >= 0.3 is 0 Å². The zero-order valence-corrected chi connectivity index (χ0v) is 20.8. The summed E-state index contributed by atoms with van der Waals surface area (Å²) in [6, 6.07) is 17.5. The molecule has 0 saturated carbocycles. The van der Waals surface area contributed by atoms with Crippen LogP contribution >= 0.6 is 15.9 Å². The molecule has 4 aromatic rings. The maximum atomic E-state index is 11.5. The van der Waals surface area contributed by atoms with Crippen molar-refractivity contribution in [2.45, 2.75) is 13.0 Å². The molecule has 0 unspecified atom stereocenters. The first-order valence-corrected chi connectivity index (χ1v) is 13.2. The Labute approximate surface area is 201 Å². The van der Waals surface area contributed by atoms with Gasteiger partial charge in [0.2, 0.25) is 10.0 Å². The SMILES string of the molecule is Cc1ccc2c(c1)[nH]c1cc(OCCNC[C@@H](O)c3ccc(Br)c(NS(C)(=O)=O)c3)ccc12. The maximum Gasteiger partial charge on any atom is 0.229 e. The van der Waals surface area contributed by atoms with E-state index < -0.39 is 16.1 Å². The Bertz CT molecular complexity index is 1400. The standard InChI is InChI=1S/C24H26BrN3O4S/c1-15-3-6-18-19-7-5-17(13-22(19)27-21(18)11-15)32-10-9-26-14-24(29)16-4-8-20(25)23(12-16)28-33(2,30)31/h3-8,11-13,24,26-29H,9-10,14H2,1-2H3/t24-/m1/s1. The molecule has 4 rings (SSSR count). The van der Waals surface area contributed by atoms with Crippen molar-refractivity contribution in [1.82, 2.24) is 10.3 Å². The van der Waals surface area contributed by atoms with E-state index >= 15 is 0 Å². The summed E-state index contributed by atoms with van der Waals surface area (Å²) in [5.41, 5.74) is 4.35. The molecule has 3 aromatic carbocycles. The molecule has 0 spiro atoms. The van der Waals surface area contributed by atoms with Crippen molar-refractivity contribution in [1.29, 1.82) is 0 Å². The van der Waals surface area contributed by atoms with Gasteiger partial charge in [-0.05, 0) is 64.3 Å². The monoisotopic (exact) mass is 531 g/mol. The van der Waals surface area contributed by atoms with E-state index in [-0.39, 0.29) is 0 Å². The first-order chi connectivity index (χ1) is 15.7. The molecule has 0 aliphatic carbocycles. The van der Waals surface area contributed by atoms with Crippen LogP contribution in [-0.4, -0.2) is 44.5 Å². The third-order valence-electron chi connectivity index (χ3n) is 5.28. The van der Waals surface area contributed by atoms with Gasteiger partial charge in [-0.25, -0.2) is 8.42 Å².